The lowest BCUT2D eigenvalue weighted by molar-refractivity contribution is 0.601. The Hall–Kier alpha value is -2.01. The molecular weight excluding hydrogens is 296 g/mol. The molecule has 2 aromatic carbocycles. The molecule has 22 heavy (non-hydrogen) atoms. The molecule has 0 heterocycles. The number of anilines is 2. The van der Waals surface area contributed by atoms with Gasteiger partial charge in [0.05, 0.1) is 4.90 Å². The molecule has 4 nitrogen and oxygen atoms in total. The number of nitrogens with zero attached hydrogens (tertiary/aromatic N) is 1. The zero-order valence-corrected chi connectivity index (χ0v) is 14.2. The summed E-state index contributed by atoms with van der Waals surface area (Å²) in [6, 6.07) is 14.3. The average Bonchev–Trinajstić information content (AvgIpc) is 2.47. The van der Waals surface area contributed by atoms with Crippen molar-refractivity contribution < 1.29 is 8.42 Å². The van der Waals surface area contributed by atoms with E-state index in [9.17, 15) is 8.42 Å². The predicted molar refractivity (Wildman–Crippen MR) is 92.1 cm³/mol. The molecule has 0 radical (unpaired) electrons. The van der Waals surface area contributed by atoms with Crippen LogP contribution in [0.15, 0.2) is 53.4 Å². The molecule has 0 aliphatic rings. The average molecular weight is 318 g/mol. The Bertz CT molecular complexity index is 718. The second-order valence-corrected chi connectivity index (χ2v) is 7.45. The maximum atomic E-state index is 12.4. The van der Waals surface area contributed by atoms with Crippen molar-refractivity contribution in [3.63, 3.8) is 0 Å². The van der Waals surface area contributed by atoms with Crippen LogP contribution in [0.3, 0.4) is 0 Å². The van der Waals surface area contributed by atoms with Gasteiger partial charge in [-0.15, -0.1) is 0 Å². The molecule has 0 aliphatic heterocycles. The lowest BCUT2D eigenvalue weighted by atomic mass is 10.0. The topological polar surface area (TPSA) is 49.4 Å². The van der Waals surface area contributed by atoms with E-state index in [1.165, 1.54) is 0 Å². The van der Waals surface area contributed by atoms with Crippen LogP contribution in [0, 0.1) is 0 Å². The smallest absolute Gasteiger partial charge is 0.261 e. The first-order valence-corrected chi connectivity index (χ1v) is 8.68. The summed E-state index contributed by atoms with van der Waals surface area (Å²) in [5, 5.41) is 0. The van der Waals surface area contributed by atoms with Crippen molar-refractivity contribution in [2.45, 2.75) is 24.7 Å². The van der Waals surface area contributed by atoms with E-state index in [1.807, 2.05) is 43.3 Å². The number of nitrogens with one attached hydrogen (secondary N) is 1. The number of benzene rings is 2. The van der Waals surface area contributed by atoms with Gasteiger partial charge in [0, 0.05) is 25.5 Å². The highest BCUT2D eigenvalue weighted by Crippen LogP contribution is 2.21. The fourth-order valence-corrected chi connectivity index (χ4v) is 3.13. The van der Waals surface area contributed by atoms with Crippen LogP contribution in [0.4, 0.5) is 11.4 Å². The van der Waals surface area contributed by atoms with Crippen LogP contribution in [0.25, 0.3) is 0 Å². The van der Waals surface area contributed by atoms with Crippen molar-refractivity contribution in [2.24, 2.45) is 0 Å². The summed E-state index contributed by atoms with van der Waals surface area (Å²) in [6.45, 7) is 4.15. The molecule has 5 heteroatoms. The first-order valence-electron chi connectivity index (χ1n) is 7.20. The van der Waals surface area contributed by atoms with Gasteiger partial charge in [-0.1, -0.05) is 26.0 Å². The molecule has 0 atom stereocenters. The van der Waals surface area contributed by atoms with Gasteiger partial charge in [-0.05, 0) is 47.9 Å². The van der Waals surface area contributed by atoms with Gasteiger partial charge < -0.3 is 4.90 Å². The monoisotopic (exact) mass is 318 g/mol. The van der Waals surface area contributed by atoms with Gasteiger partial charge in [-0.2, -0.15) is 0 Å². The summed E-state index contributed by atoms with van der Waals surface area (Å²) in [7, 11) is 0.327. The highest BCUT2D eigenvalue weighted by molar-refractivity contribution is 7.92. The van der Waals surface area contributed by atoms with E-state index in [2.05, 4.69) is 18.6 Å². The Morgan fingerprint density at radius 2 is 1.45 bits per heavy atom. The Balaban J connectivity index is 2.20. The summed E-state index contributed by atoms with van der Waals surface area (Å²) < 4.78 is 27.4. The number of rotatable bonds is 5. The van der Waals surface area contributed by atoms with E-state index in [-0.39, 0.29) is 4.90 Å². The predicted octanol–water partition coefficient (Wildman–Crippen LogP) is 3.68. The van der Waals surface area contributed by atoms with E-state index in [1.54, 1.807) is 24.3 Å². The van der Waals surface area contributed by atoms with Crippen LogP contribution in [0.5, 0.6) is 0 Å². The van der Waals surface area contributed by atoms with E-state index in [4.69, 9.17) is 0 Å². The highest BCUT2D eigenvalue weighted by Gasteiger charge is 2.14. The van der Waals surface area contributed by atoms with Gasteiger partial charge >= 0.3 is 0 Å². The first-order chi connectivity index (χ1) is 10.3. The standard InChI is InChI=1S/C17H22N2O2S/c1-13(2)14-5-11-17(12-6-14)22(20,21)18-15-7-9-16(10-8-15)19(3)4/h5-13,18H,1-4H3. The van der Waals surface area contributed by atoms with Crippen LogP contribution in [-0.4, -0.2) is 22.5 Å². The van der Waals surface area contributed by atoms with E-state index in [0.29, 0.717) is 11.6 Å². The third kappa shape index (κ3) is 3.80. The number of sulfonamides is 1. The van der Waals surface area contributed by atoms with E-state index < -0.39 is 10.0 Å². The summed E-state index contributed by atoms with van der Waals surface area (Å²) in [5.41, 5.74) is 2.69. The lowest BCUT2D eigenvalue weighted by Crippen LogP contribution is -2.13. The second-order valence-electron chi connectivity index (χ2n) is 5.77. The highest BCUT2D eigenvalue weighted by atomic mass is 32.2. The molecule has 0 fully saturated rings. The fraction of sp³-hybridized carbons (Fsp3) is 0.294. The van der Waals surface area contributed by atoms with Gasteiger partial charge in [0.25, 0.3) is 10.0 Å². The van der Waals surface area contributed by atoms with Crippen LogP contribution >= 0.6 is 0 Å². The van der Waals surface area contributed by atoms with Crippen molar-refractivity contribution in [1.29, 1.82) is 0 Å². The SMILES string of the molecule is CC(C)c1ccc(S(=O)(=O)Nc2ccc(N(C)C)cc2)cc1. The van der Waals surface area contributed by atoms with Crippen molar-refractivity contribution in [3.05, 3.63) is 54.1 Å². The second kappa shape index (κ2) is 6.40. The minimum Gasteiger partial charge on any atom is -0.378 e. The minimum atomic E-state index is -3.55. The fourth-order valence-electron chi connectivity index (χ4n) is 2.07. The van der Waals surface area contributed by atoms with Gasteiger partial charge in [-0.25, -0.2) is 8.42 Å². The molecule has 0 aliphatic carbocycles. The van der Waals surface area contributed by atoms with Gasteiger partial charge in [0.15, 0.2) is 0 Å². The summed E-state index contributed by atoms with van der Waals surface area (Å²) in [4.78, 5) is 2.23. The molecule has 118 valence electrons. The van der Waals surface area contributed by atoms with Crippen LogP contribution in [0.1, 0.15) is 25.3 Å². The van der Waals surface area contributed by atoms with E-state index in [0.717, 1.165) is 11.3 Å². The normalized spacial score (nSPS) is 11.5. The summed E-state index contributed by atoms with van der Waals surface area (Å²) in [5.74, 6) is 0.378. The van der Waals surface area contributed by atoms with Crippen LogP contribution in [0.2, 0.25) is 0 Å². The molecule has 2 aromatic rings. The summed E-state index contributed by atoms with van der Waals surface area (Å²) in [6.07, 6.45) is 0. The Kier molecular flexibility index (Phi) is 4.76. The maximum Gasteiger partial charge on any atom is 0.261 e. The third-order valence-electron chi connectivity index (χ3n) is 3.49. The number of hydrogen-bond acceptors (Lipinski definition) is 3. The van der Waals surface area contributed by atoms with Crippen LogP contribution in [-0.2, 0) is 10.0 Å². The molecule has 0 saturated carbocycles. The molecule has 0 bridgehead atoms. The molecule has 0 saturated heterocycles. The Morgan fingerprint density at radius 3 is 1.91 bits per heavy atom. The maximum absolute atomic E-state index is 12.4. The first kappa shape index (κ1) is 16.4. The third-order valence-corrected chi connectivity index (χ3v) is 4.89. The molecule has 0 amide bonds. The van der Waals surface area contributed by atoms with Crippen molar-refractivity contribution in [2.75, 3.05) is 23.7 Å². The van der Waals surface area contributed by atoms with Gasteiger partial charge in [0.1, 0.15) is 0 Å². The zero-order valence-electron chi connectivity index (χ0n) is 13.4. The van der Waals surface area contributed by atoms with Crippen molar-refractivity contribution in [3.8, 4) is 0 Å². The van der Waals surface area contributed by atoms with Crippen molar-refractivity contribution >= 4 is 21.4 Å². The molecule has 0 aromatic heterocycles. The Morgan fingerprint density at radius 1 is 0.909 bits per heavy atom. The minimum absolute atomic E-state index is 0.272. The molecular formula is C17H22N2O2S. The summed E-state index contributed by atoms with van der Waals surface area (Å²) >= 11 is 0. The molecule has 0 unspecified atom stereocenters. The molecule has 0 spiro atoms. The largest absolute Gasteiger partial charge is 0.378 e. The van der Waals surface area contributed by atoms with Gasteiger partial charge in [-0.3, -0.25) is 4.72 Å². The molecule has 1 N–H and O–H groups in total. The van der Waals surface area contributed by atoms with E-state index >= 15 is 0 Å². The van der Waals surface area contributed by atoms with Gasteiger partial charge in [0.2, 0.25) is 0 Å². The zero-order chi connectivity index (χ0) is 16.3. The van der Waals surface area contributed by atoms with Crippen LogP contribution < -0.4 is 9.62 Å². The lowest BCUT2D eigenvalue weighted by Gasteiger charge is -2.14. The number of hydrogen-bond donors (Lipinski definition) is 1. The van der Waals surface area contributed by atoms with Crippen molar-refractivity contribution in [1.82, 2.24) is 0 Å². The quantitative estimate of drug-likeness (QED) is 0.915. The Labute approximate surface area is 132 Å². The molecule has 2 rings (SSSR count).